The summed E-state index contributed by atoms with van der Waals surface area (Å²) in [4.78, 5) is 14.5. The lowest BCUT2D eigenvalue weighted by Gasteiger charge is -2.40. The van der Waals surface area contributed by atoms with Crippen molar-refractivity contribution in [3.8, 4) is 5.75 Å². The minimum absolute atomic E-state index is 0.0410. The molecule has 5 nitrogen and oxygen atoms in total. The molecule has 1 aliphatic carbocycles. The first kappa shape index (κ1) is 15.2. The number of phenols is 1. The van der Waals surface area contributed by atoms with Gasteiger partial charge in [0.05, 0.1) is 11.2 Å². The van der Waals surface area contributed by atoms with Gasteiger partial charge in [0.15, 0.2) is 0 Å². The molecule has 2 unspecified atom stereocenters. The lowest BCUT2D eigenvalue weighted by atomic mass is 9.69. The maximum atomic E-state index is 12.7. The molecule has 5 heteroatoms. The van der Waals surface area contributed by atoms with Crippen LogP contribution in [0, 0.1) is 11.8 Å². The van der Waals surface area contributed by atoms with Crippen molar-refractivity contribution >= 4 is 11.6 Å². The van der Waals surface area contributed by atoms with Crippen molar-refractivity contribution < 1.29 is 15.0 Å². The molecule has 3 atom stereocenters. The second kappa shape index (κ2) is 5.47. The Balaban J connectivity index is 1.82. The first-order valence-electron chi connectivity index (χ1n) is 8.05. The molecule has 1 amide bonds. The molecule has 1 heterocycles. The van der Waals surface area contributed by atoms with Gasteiger partial charge in [0.2, 0.25) is 0 Å². The highest BCUT2D eigenvalue weighted by atomic mass is 16.3. The maximum absolute atomic E-state index is 12.7. The maximum Gasteiger partial charge on any atom is 0.256 e. The summed E-state index contributed by atoms with van der Waals surface area (Å²) in [6.07, 6.45) is 3.62. The molecule has 1 saturated heterocycles. The molecule has 0 radical (unpaired) electrons. The largest absolute Gasteiger partial charge is 0.508 e. The normalized spacial score (nSPS) is 31.1. The van der Waals surface area contributed by atoms with E-state index in [0.29, 0.717) is 30.3 Å². The van der Waals surface area contributed by atoms with E-state index in [-0.39, 0.29) is 17.6 Å². The summed E-state index contributed by atoms with van der Waals surface area (Å²) in [5.41, 5.74) is 5.95. The van der Waals surface area contributed by atoms with Gasteiger partial charge < -0.3 is 20.8 Å². The van der Waals surface area contributed by atoms with E-state index < -0.39 is 5.60 Å². The minimum atomic E-state index is -0.650. The number of aromatic hydroxyl groups is 1. The summed E-state index contributed by atoms with van der Waals surface area (Å²) >= 11 is 0. The number of nitrogens with two attached hydrogens (primary N) is 1. The third-order valence-electron chi connectivity index (χ3n) is 5.48. The Kier molecular flexibility index (Phi) is 3.77. The zero-order valence-corrected chi connectivity index (χ0v) is 13.0. The van der Waals surface area contributed by atoms with Gasteiger partial charge in [-0.05, 0) is 43.4 Å². The lowest BCUT2D eigenvalue weighted by Crippen LogP contribution is -2.44. The van der Waals surface area contributed by atoms with E-state index >= 15 is 0 Å². The number of hydrogen-bond acceptors (Lipinski definition) is 4. The number of carbonyl (C=O) groups is 1. The highest BCUT2D eigenvalue weighted by molar-refractivity contribution is 5.99. The quantitative estimate of drug-likeness (QED) is 0.576. The number of likely N-dealkylation sites (tertiary alicyclic amines) is 1. The Morgan fingerprint density at radius 3 is 2.95 bits per heavy atom. The molecule has 1 aliphatic heterocycles. The van der Waals surface area contributed by atoms with Crippen LogP contribution in [0.25, 0.3) is 0 Å². The Labute approximate surface area is 130 Å². The molecule has 1 aromatic rings. The topological polar surface area (TPSA) is 86.8 Å². The average Bonchev–Trinajstić information content (AvgIpc) is 2.95. The van der Waals surface area contributed by atoms with E-state index in [1.165, 1.54) is 12.1 Å². The van der Waals surface area contributed by atoms with Crippen LogP contribution >= 0.6 is 0 Å². The first-order chi connectivity index (χ1) is 10.4. The fraction of sp³-hybridized carbons (Fsp3) is 0.588. The summed E-state index contributed by atoms with van der Waals surface area (Å²) in [7, 11) is 0. The van der Waals surface area contributed by atoms with Crippen LogP contribution in [0.5, 0.6) is 5.75 Å². The molecule has 120 valence electrons. The second-order valence-electron chi connectivity index (χ2n) is 6.70. The summed E-state index contributed by atoms with van der Waals surface area (Å²) in [5.74, 6) is 0.399. The monoisotopic (exact) mass is 304 g/mol. The van der Waals surface area contributed by atoms with Crippen molar-refractivity contribution in [1.29, 1.82) is 0 Å². The summed E-state index contributed by atoms with van der Waals surface area (Å²) in [5, 5.41) is 20.4. The Morgan fingerprint density at radius 2 is 2.23 bits per heavy atom. The highest BCUT2D eigenvalue weighted by Gasteiger charge is 2.48. The molecular formula is C17H24N2O3. The van der Waals surface area contributed by atoms with Gasteiger partial charge in [-0.15, -0.1) is 0 Å². The van der Waals surface area contributed by atoms with Crippen LogP contribution in [-0.4, -0.2) is 39.7 Å². The zero-order valence-electron chi connectivity index (χ0n) is 13.0. The fourth-order valence-electron chi connectivity index (χ4n) is 4.13. The molecule has 1 saturated carbocycles. The second-order valence-corrected chi connectivity index (χ2v) is 6.70. The number of carbonyl (C=O) groups excluding carboxylic acids is 1. The van der Waals surface area contributed by atoms with Crippen LogP contribution in [0.2, 0.25) is 0 Å². The Bertz CT molecular complexity index is 589. The molecule has 3 rings (SSSR count). The van der Waals surface area contributed by atoms with Gasteiger partial charge in [0, 0.05) is 24.7 Å². The minimum Gasteiger partial charge on any atom is -0.508 e. The van der Waals surface area contributed by atoms with E-state index in [1.807, 2.05) is 6.92 Å². The van der Waals surface area contributed by atoms with Crippen molar-refractivity contribution in [1.82, 2.24) is 4.90 Å². The Morgan fingerprint density at radius 1 is 1.45 bits per heavy atom. The molecule has 2 aliphatic rings. The van der Waals surface area contributed by atoms with Crippen molar-refractivity contribution in [2.45, 2.75) is 38.2 Å². The van der Waals surface area contributed by atoms with Crippen molar-refractivity contribution in [3.05, 3.63) is 23.8 Å². The van der Waals surface area contributed by atoms with Gasteiger partial charge in [-0.3, -0.25) is 4.79 Å². The van der Waals surface area contributed by atoms with Crippen LogP contribution in [0.4, 0.5) is 5.69 Å². The zero-order chi connectivity index (χ0) is 15.9. The van der Waals surface area contributed by atoms with Gasteiger partial charge in [-0.1, -0.05) is 13.3 Å². The van der Waals surface area contributed by atoms with Crippen LogP contribution < -0.4 is 5.73 Å². The Hall–Kier alpha value is -1.75. The van der Waals surface area contributed by atoms with E-state index in [2.05, 4.69) is 0 Å². The van der Waals surface area contributed by atoms with E-state index in [4.69, 9.17) is 5.73 Å². The number of benzene rings is 1. The van der Waals surface area contributed by atoms with Crippen molar-refractivity contribution in [2.75, 3.05) is 18.8 Å². The van der Waals surface area contributed by atoms with Crippen molar-refractivity contribution in [3.63, 3.8) is 0 Å². The number of nitrogens with zero attached hydrogens (tertiary/aromatic N) is 1. The fourth-order valence-corrected chi connectivity index (χ4v) is 4.13. The van der Waals surface area contributed by atoms with E-state index in [1.54, 1.807) is 11.0 Å². The number of rotatable bonds is 2. The molecule has 0 aromatic heterocycles. The lowest BCUT2D eigenvalue weighted by molar-refractivity contribution is -0.0609. The number of hydrogen-bond donors (Lipinski definition) is 3. The summed E-state index contributed by atoms with van der Waals surface area (Å²) in [6, 6.07) is 4.45. The molecule has 0 spiro atoms. The SMILES string of the molecule is CC[C@@]1(O)CCCC2CN(C(=O)c3cc(O)ccc3N)CC21. The van der Waals surface area contributed by atoms with E-state index in [0.717, 1.165) is 25.7 Å². The van der Waals surface area contributed by atoms with E-state index in [9.17, 15) is 15.0 Å². The number of amides is 1. The smallest absolute Gasteiger partial charge is 0.256 e. The third kappa shape index (κ3) is 2.43. The van der Waals surface area contributed by atoms with Gasteiger partial charge in [0.25, 0.3) is 5.91 Å². The summed E-state index contributed by atoms with van der Waals surface area (Å²) in [6.45, 7) is 3.25. The summed E-state index contributed by atoms with van der Waals surface area (Å²) < 4.78 is 0. The molecule has 2 fully saturated rings. The number of phenolic OH excluding ortho intramolecular Hbond substituents is 1. The van der Waals surface area contributed by atoms with Gasteiger partial charge in [-0.2, -0.15) is 0 Å². The van der Waals surface area contributed by atoms with Crippen molar-refractivity contribution in [2.24, 2.45) is 11.8 Å². The van der Waals surface area contributed by atoms with Crippen LogP contribution in [0.1, 0.15) is 43.0 Å². The number of aliphatic hydroxyl groups is 1. The van der Waals surface area contributed by atoms with Gasteiger partial charge in [-0.25, -0.2) is 0 Å². The van der Waals surface area contributed by atoms with Gasteiger partial charge >= 0.3 is 0 Å². The average molecular weight is 304 g/mol. The number of anilines is 1. The highest BCUT2D eigenvalue weighted by Crippen LogP contribution is 2.44. The van der Waals surface area contributed by atoms with Gasteiger partial charge in [0.1, 0.15) is 5.75 Å². The molecule has 4 N–H and O–H groups in total. The third-order valence-corrected chi connectivity index (χ3v) is 5.48. The molecule has 0 bridgehead atoms. The molecule has 22 heavy (non-hydrogen) atoms. The predicted octanol–water partition coefficient (Wildman–Crippen LogP) is 1.99. The predicted molar refractivity (Wildman–Crippen MR) is 84.5 cm³/mol. The molecular weight excluding hydrogens is 280 g/mol. The molecule has 1 aromatic carbocycles. The number of nitrogen functional groups attached to an aromatic ring is 1. The standard InChI is InChI=1S/C17H24N2O3/c1-2-17(22)7-3-4-11-9-19(10-14(11)17)16(21)13-8-12(20)5-6-15(13)18/h5-6,8,11,14,20,22H,2-4,7,9-10,18H2,1H3/t11?,14?,17-/m1/s1. The van der Waals surface area contributed by atoms with Crippen LogP contribution in [0.3, 0.4) is 0 Å². The van der Waals surface area contributed by atoms with Crippen LogP contribution in [0.15, 0.2) is 18.2 Å². The van der Waals surface area contributed by atoms with Crippen LogP contribution in [-0.2, 0) is 0 Å². The first-order valence-corrected chi connectivity index (χ1v) is 8.05. The number of fused-ring (bicyclic) bond motifs is 1.